The predicted molar refractivity (Wildman–Crippen MR) is 62.3 cm³/mol. The fraction of sp³-hybridized carbons (Fsp3) is 0.583. The van der Waals surface area contributed by atoms with Gasteiger partial charge in [-0.2, -0.15) is 10.1 Å². The van der Waals surface area contributed by atoms with Crippen molar-refractivity contribution in [2.24, 2.45) is 16.0 Å². The normalized spacial score (nSPS) is 29.4. The second-order valence-corrected chi connectivity index (χ2v) is 4.72. The number of fused-ring (bicyclic) bond motifs is 1. The van der Waals surface area contributed by atoms with Crippen LogP contribution in [0, 0.1) is 5.92 Å². The molecule has 0 aromatic carbocycles. The second-order valence-electron chi connectivity index (χ2n) is 4.72. The molecule has 4 heteroatoms. The van der Waals surface area contributed by atoms with Crippen molar-refractivity contribution in [2.45, 2.75) is 38.6 Å². The van der Waals surface area contributed by atoms with Crippen LogP contribution >= 0.6 is 0 Å². The summed E-state index contributed by atoms with van der Waals surface area (Å²) in [5.74, 6) is 0.840. The largest absolute Gasteiger partial charge is 0.271 e. The Hall–Kier alpha value is -1.45. The van der Waals surface area contributed by atoms with E-state index in [9.17, 15) is 4.79 Å². The first-order valence-corrected chi connectivity index (χ1v) is 5.90. The zero-order chi connectivity index (χ0) is 11.1. The highest BCUT2D eigenvalue weighted by Gasteiger charge is 2.36. The summed E-state index contributed by atoms with van der Waals surface area (Å²) in [5, 5.41) is 6.41. The molecule has 1 atom stereocenters. The number of hydrogen-bond acceptors (Lipinski definition) is 3. The highest BCUT2D eigenvalue weighted by Crippen LogP contribution is 2.31. The Morgan fingerprint density at radius 3 is 2.88 bits per heavy atom. The summed E-state index contributed by atoms with van der Waals surface area (Å²) < 4.78 is 0. The van der Waals surface area contributed by atoms with Crippen molar-refractivity contribution in [3.63, 3.8) is 0 Å². The predicted octanol–water partition coefficient (Wildman–Crippen LogP) is 1.73. The second kappa shape index (κ2) is 3.54. The minimum absolute atomic E-state index is 0.137. The fourth-order valence-corrected chi connectivity index (χ4v) is 2.71. The van der Waals surface area contributed by atoms with E-state index in [1.807, 2.05) is 18.1 Å². The van der Waals surface area contributed by atoms with E-state index in [4.69, 9.17) is 0 Å². The van der Waals surface area contributed by atoms with Gasteiger partial charge in [-0.05, 0) is 19.8 Å². The molecule has 0 saturated heterocycles. The molecule has 0 bridgehead atoms. The molecule has 16 heavy (non-hydrogen) atoms. The van der Waals surface area contributed by atoms with Gasteiger partial charge in [0, 0.05) is 12.3 Å². The van der Waals surface area contributed by atoms with E-state index in [0.29, 0.717) is 6.04 Å². The Balaban J connectivity index is 1.89. The topological polar surface area (TPSA) is 45.0 Å². The van der Waals surface area contributed by atoms with Gasteiger partial charge < -0.3 is 0 Å². The lowest BCUT2D eigenvalue weighted by molar-refractivity contribution is -0.113. The van der Waals surface area contributed by atoms with Gasteiger partial charge in [0.25, 0.3) is 5.91 Å². The molecule has 0 N–H and O–H groups in total. The summed E-state index contributed by atoms with van der Waals surface area (Å²) in [7, 11) is 0. The molecule has 0 aromatic heterocycles. The zero-order valence-electron chi connectivity index (χ0n) is 9.39. The Kier molecular flexibility index (Phi) is 2.16. The fourth-order valence-electron chi connectivity index (χ4n) is 2.71. The lowest BCUT2D eigenvalue weighted by atomic mass is 9.98. The molecule has 1 fully saturated rings. The number of amidine groups is 1. The molecule has 2 aliphatic heterocycles. The van der Waals surface area contributed by atoms with E-state index in [1.54, 1.807) is 6.08 Å². The molecule has 3 rings (SSSR count). The first-order chi connectivity index (χ1) is 7.75. The van der Waals surface area contributed by atoms with Gasteiger partial charge in [0.1, 0.15) is 5.84 Å². The van der Waals surface area contributed by atoms with Crippen LogP contribution in [-0.4, -0.2) is 29.0 Å². The summed E-state index contributed by atoms with van der Waals surface area (Å²) in [6.07, 6.45) is 8.38. The summed E-state index contributed by atoms with van der Waals surface area (Å²) in [4.78, 5) is 15.6. The number of hydrogen-bond donors (Lipinski definition) is 0. The Morgan fingerprint density at radius 2 is 2.12 bits per heavy atom. The van der Waals surface area contributed by atoms with E-state index in [2.05, 4.69) is 10.1 Å². The van der Waals surface area contributed by atoms with Gasteiger partial charge in [0.15, 0.2) is 0 Å². The van der Waals surface area contributed by atoms with Gasteiger partial charge in [-0.1, -0.05) is 18.4 Å². The number of hydrazone groups is 1. The monoisotopic (exact) mass is 217 g/mol. The van der Waals surface area contributed by atoms with E-state index >= 15 is 0 Å². The van der Waals surface area contributed by atoms with Gasteiger partial charge in [0.2, 0.25) is 0 Å². The zero-order valence-corrected chi connectivity index (χ0v) is 9.39. The van der Waals surface area contributed by atoms with Crippen LogP contribution in [0.2, 0.25) is 0 Å². The molecular weight excluding hydrogens is 202 g/mol. The van der Waals surface area contributed by atoms with E-state index in [-0.39, 0.29) is 11.8 Å². The van der Waals surface area contributed by atoms with Crippen LogP contribution in [0.3, 0.4) is 0 Å². The van der Waals surface area contributed by atoms with Gasteiger partial charge in [-0.15, -0.1) is 0 Å². The number of dihydropyridines is 1. The molecule has 0 radical (unpaired) electrons. The van der Waals surface area contributed by atoms with Gasteiger partial charge in [-0.3, -0.25) is 4.79 Å². The smallest absolute Gasteiger partial charge is 0.267 e. The van der Waals surface area contributed by atoms with E-state index < -0.39 is 0 Å². The molecule has 2 heterocycles. The van der Waals surface area contributed by atoms with E-state index in [0.717, 1.165) is 11.4 Å². The number of rotatable bonds is 1. The van der Waals surface area contributed by atoms with Crippen LogP contribution in [0.15, 0.2) is 21.7 Å². The third-order valence-corrected chi connectivity index (χ3v) is 3.59. The van der Waals surface area contributed by atoms with Crippen LogP contribution in [0.5, 0.6) is 0 Å². The van der Waals surface area contributed by atoms with Crippen molar-refractivity contribution in [1.82, 2.24) is 5.01 Å². The van der Waals surface area contributed by atoms with Crippen LogP contribution in [0.4, 0.5) is 0 Å². The number of carbonyl (C=O) groups excluding carboxylic acids is 1. The Labute approximate surface area is 94.7 Å². The van der Waals surface area contributed by atoms with Gasteiger partial charge >= 0.3 is 0 Å². The van der Waals surface area contributed by atoms with Crippen molar-refractivity contribution in [3.05, 3.63) is 11.6 Å². The highest BCUT2D eigenvalue weighted by atomic mass is 16.1. The minimum Gasteiger partial charge on any atom is -0.267 e. The van der Waals surface area contributed by atoms with Crippen molar-refractivity contribution >= 4 is 18.0 Å². The van der Waals surface area contributed by atoms with Gasteiger partial charge in [-0.25, -0.2) is 5.01 Å². The Morgan fingerprint density at radius 1 is 1.38 bits per heavy atom. The minimum atomic E-state index is -0.141. The summed E-state index contributed by atoms with van der Waals surface area (Å²) >= 11 is 0. The lowest BCUT2D eigenvalue weighted by Crippen LogP contribution is -2.36. The first-order valence-electron chi connectivity index (χ1n) is 5.90. The van der Waals surface area contributed by atoms with Crippen LogP contribution in [0.25, 0.3) is 0 Å². The average molecular weight is 217 g/mol. The number of amides is 1. The highest BCUT2D eigenvalue weighted by molar-refractivity contribution is 6.13. The SMILES string of the molecule is CC1=CC(=O)N=C2C1C=NN2C1CCCC1. The number of nitrogens with zero attached hydrogens (tertiary/aromatic N) is 3. The summed E-state index contributed by atoms with van der Waals surface area (Å²) in [6.45, 7) is 1.97. The van der Waals surface area contributed by atoms with E-state index in [1.165, 1.54) is 25.7 Å². The quantitative estimate of drug-likeness (QED) is 0.671. The standard InChI is InChI=1S/C12H15N3O/c1-8-6-11(16)14-12-10(8)7-13-15(12)9-4-2-3-5-9/h6-7,9-10H,2-5H2,1H3. The molecule has 4 nitrogen and oxygen atoms in total. The maximum Gasteiger partial charge on any atom is 0.271 e. The lowest BCUT2D eigenvalue weighted by Gasteiger charge is -2.25. The maximum absolute atomic E-state index is 11.4. The number of aliphatic imine (C=N–C) groups is 1. The van der Waals surface area contributed by atoms with Crippen LogP contribution in [0.1, 0.15) is 32.6 Å². The van der Waals surface area contributed by atoms with Gasteiger partial charge in [0.05, 0.1) is 12.0 Å². The summed E-state index contributed by atoms with van der Waals surface area (Å²) in [5.41, 5.74) is 1.05. The molecule has 84 valence electrons. The van der Waals surface area contributed by atoms with Crippen molar-refractivity contribution in [1.29, 1.82) is 0 Å². The third-order valence-electron chi connectivity index (χ3n) is 3.59. The molecule has 1 amide bonds. The maximum atomic E-state index is 11.4. The molecule has 1 aliphatic carbocycles. The first kappa shape index (κ1) is 9.75. The molecule has 1 saturated carbocycles. The van der Waals surface area contributed by atoms with Crippen molar-refractivity contribution < 1.29 is 4.79 Å². The van der Waals surface area contributed by atoms with Crippen LogP contribution in [-0.2, 0) is 4.79 Å². The molecule has 3 aliphatic rings. The molecular formula is C12H15N3O. The Bertz CT molecular complexity index is 416. The average Bonchev–Trinajstić information content (AvgIpc) is 2.83. The molecule has 1 unspecified atom stereocenters. The van der Waals surface area contributed by atoms with Crippen LogP contribution < -0.4 is 0 Å². The molecule has 0 aromatic rings. The third kappa shape index (κ3) is 1.40. The number of carbonyl (C=O) groups is 1. The van der Waals surface area contributed by atoms with Crippen molar-refractivity contribution in [3.8, 4) is 0 Å². The molecule has 0 spiro atoms. The van der Waals surface area contributed by atoms with Crippen molar-refractivity contribution in [2.75, 3.05) is 0 Å². The summed E-state index contributed by atoms with van der Waals surface area (Å²) in [6, 6.07) is 0.457.